The topological polar surface area (TPSA) is 63.8 Å². The van der Waals surface area contributed by atoms with Crippen molar-refractivity contribution in [2.75, 3.05) is 5.43 Å². The van der Waals surface area contributed by atoms with Crippen molar-refractivity contribution >= 4 is 17.4 Å². The van der Waals surface area contributed by atoms with Crippen molar-refractivity contribution in [2.45, 2.75) is 13.3 Å². The summed E-state index contributed by atoms with van der Waals surface area (Å²) in [7, 11) is 0. The summed E-state index contributed by atoms with van der Waals surface area (Å²) < 4.78 is 0. The van der Waals surface area contributed by atoms with Crippen molar-refractivity contribution < 1.29 is 0 Å². The molecule has 0 atom stereocenters. The Morgan fingerprint density at radius 3 is 2.76 bits per heavy atom. The molecule has 1 heterocycles. The molecule has 0 radical (unpaired) electrons. The molecule has 0 amide bonds. The highest BCUT2D eigenvalue weighted by Crippen LogP contribution is 2.21. The molecule has 0 saturated heterocycles. The van der Waals surface area contributed by atoms with Crippen molar-refractivity contribution in [3.63, 3.8) is 0 Å². The summed E-state index contributed by atoms with van der Waals surface area (Å²) in [5.41, 5.74) is 4.35. The van der Waals surface area contributed by atoms with Crippen LogP contribution in [-0.2, 0) is 6.42 Å². The zero-order valence-corrected chi connectivity index (χ0v) is 10.2. The van der Waals surface area contributed by atoms with Gasteiger partial charge in [-0.25, -0.2) is 15.8 Å². The van der Waals surface area contributed by atoms with Crippen LogP contribution in [0.25, 0.3) is 11.4 Å². The number of hydrazine groups is 1. The summed E-state index contributed by atoms with van der Waals surface area (Å²) in [4.78, 5) is 8.75. The minimum atomic E-state index is 0.604. The van der Waals surface area contributed by atoms with Crippen molar-refractivity contribution in [3.05, 3.63) is 41.0 Å². The van der Waals surface area contributed by atoms with Crippen LogP contribution < -0.4 is 11.3 Å². The van der Waals surface area contributed by atoms with Crippen molar-refractivity contribution in [2.24, 2.45) is 5.84 Å². The first-order valence-electron chi connectivity index (χ1n) is 5.33. The Morgan fingerprint density at radius 2 is 2.12 bits per heavy atom. The van der Waals surface area contributed by atoms with E-state index in [4.69, 9.17) is 17.4 Å². The van der Waals surface area contributed by atoms with Gasteiger partial charge in [0.15, 0.2) is 5.82 Å². The van der Waals surface area contributed by atoms with Crippen molar-refractivity contribution in [1.82, 2.24) is 9.97 Å². The molecule has 2 aromatic rings. The molecular weight excluding hydrogens is 236 g/mol. The van der Waals surface area contributed by atoms with Crippen LogP contribution in [0.5, 0.6) is 0 Å². The lowest BCUT2D eigenvalue weighted by molar-refractivity contribution is 1.00. The Bertz CT molecular complexity index is 505. The van der Waals surface area contributed by atoms with Gasteiger partial charge in [-0.05, 0) is 18.6 Å². The van der Waals surface area contributed by atoms with E-state index in [0.29, 0.717) is 16.7 Å². The summed E-state index contributed by atoms with van der Waals surface area (Å²) >= 11 is 5.95. The molecule has 0 aliphatic rings. The number of halogens is 1. The number of aryl methyl sites for hydroxylation is 1. The molecule has 88 valence electrons. The SMILES string of the molecule is CCc1cc(NN)nc(-c2cccc(Cl)c2)n1. The number of aromatic nitrogens is 2. The maximum Gasteiger partial charge on any atom is 0.161 e. The maximum absolute atomic E-state index is 5.95. The van der Waals surface area contributed by atoms with Gasteiger partial charge in [0.1, 0.15) is 5.82 Å². The van der Waals surface area contributed by atoms with E-state index in [1.807, 2.05) is 37.3 Å². The van der Waals surface area contributed by atoms with Gasteiger partial charge in [-0.1, -0.05) is 30.7 Å². The van der Waals surface area contributed by atoms with Gasteiger partial charge in [-0.15, -0.1) is 0 Å². The molecule has 3 N–H and O–H groups in total. The number of nitrogens with one attached hydrogen (secondary N) is 1. The molecule has 0 fully saturated rings. The minimum absolute atomic E-state index is 0.604. The molecule has 0 aliphatic carbocycles. The number of nitrogens with zero attached hydrogens (tertiary/aromatic N) is 2. The molecule has 4 nitrogen and oxygen atoms in total. The first-order chi connectivity index (χ1) is 8.22. The lowest BCUT2D eigenvalue weighted by Crippen LogP contribution is -2.10. The zero-order valence-electron chi connectivity index (χ0n) is 9.44. The van der Waals surface area contributed by atoms with Crippen LogP contribution in [-0.4, -0.2) is 9.97 Å². The van der Waals surface area contributed by atoms with Gasteiger partial charge < -0.3 is 5.43 Å². The summed E-state index contributed by atoms with van der Waals surface area (Å²) in [5, 5.41) is 0.662. The predicted molar refractivity (Wildman–Crippen MR) is 69.7 cm³/mol. The summed E-state index contributed by atoms with van der Waals surface area (Å²) in [5.74, 6) is 6.61. The number of nitrogens with two attached hydrogens (primary N) is 1. The highest BCUT2D eigenvalue weighted by molar-refractivity contribution is 6.30. The van der Waals surface area contributed by atoms with E-state index in [0.717, 1.165) is 17.7 Å². The van der Waals surface area contributed by atoms with Crippen LogP contribution >= 0.6 is 11.6 Å². The lowest BCUT2D eigenvalue weighted by Gasteiger charge is -2.06. The Hall–Kier alpha value is -1.65. The number of anilines is 1. The summed E-state index contributed by atoms with van der Waals surface area (Å²) in [6.07, 6.45) is 0.824. The third-order valence-electron chi connectivity index (χ3n) is 2.37. The molecule has 1 aromatic heterocycles. The highest BCUT2D eigenvalue weighted by atomic mass is 35.5. The molecule has 0 unspecified atom stereocenters. The Morgan fingerprint density at radius 1 is 1.29 bits per heavy atom. The highest BCUT2D eigenvalue weighted by Gasteiger charge is 2.05. The fourth-order valence-electron chi connectivity index (χ4n) is 1.51. The number of nitrogen functional groups attached to an aromatic ring is 1. The van der Waals surface area contributed by atoms with Gasteiger partial charge in [-0.3, -0.25) is 0 Å². The van der Waals surface area contributed by atoms with E-state index in [-0.39, 0.29) is 0 Å². The standard InChI is InChI=1S/C12H13ClN4/c1-2-10-7-11(17-14)16-12(15-10)8-4-3-5-9(13)6-8/h3-7H,2,14H2,1H3,(H,15,16,17). The summed E-state index contributed by atoms with van der Waals surface area (Å²) in [6, 6.07) is 9.26. The number of hydrogen-bond acceptors (Lipinski definition) is 4. The van der Waals surface area contributed by atoms with E-state index in [1.54, 1.807) is 0 Å². The molecule has 0 bridgehead atoms. The first-order valence-corrected chi connectivity index (χ1v) is 5.71. The Labute approximate surface area is 105 Å². The largest absolute Gasteiger partial charge is 0.308 e. The van der Waals surface area contributed by atoms with E-state index < -0.39 is 0 Å². The number of hydrogen-bond donors (Lipinski definition) is 2. The van der Waals surface area contributed by atoms with Crippen molar-refractivity contribution in [1.29, 1.82) is 0 Å². The molecule has 5 heteroatoms. The number of rotatable bonds is 3. The quantitative estimate of drug-likeness (QED) is 0.648. The fraction of sp³-hybridized carbons (Fsp3) is 0.167. The third-order valence-corrected chi connectivity index (χ3v) is 2.61. The van der Waals surface area contributed by atoms with Crippen LogP contribution in [0.15, 0.2) is 30.3 Å². The summed E-state index contributed by atoms with van der Waals surface area (Å²) in [6.45, 7) is 2.03. The molecule has 17 heavy (non-hydrogen) atoms. The second-order valence-electron chi connectivity index (χ2n) is 3.58. The van der Waals surface area contributed by atoms with Crippen LogP contribution in [0.2, 0.25) is 5.02 Å². The van der Waals surface area contributed by atoms with Gasteiger partial charge in [0, 0.05) is 22.3 Å². The minimum Gasteiger partial charge on any atom is -0.308 e. The van der Waals surface area contributed by atoms with Gasteiger partial charge in [0.05, 0.1) is 0 Å². The second kappa shape index (κ2) is 5.12. The smallest absolute Gasteiger partial charge is 0.161 e. The van der Waals surface area contributed by atoms with E-state index in [2.05, 4.69) is 15.4 Å². The molecule has 2 rings (SSSR count). The first kappa shape index (κ1) is 11.8. The third kappa shape index (κ3) is 2.72. The monoisotopic (exact) mass is 248 g/mol. The Balaban J connectivity index is 2.50. The molecular formula is C12H13ClN4. The van der Waals surface area contributed by atoms with E-state index in [9.17, 15) is 0 Å². The number of benzene rings is 1. The van der Waals surface area contributed by atoms with Gasteiger partial charge >= 0.3 is 0 Å². The van der Waals surface area contributed by atoms with Crippen LogP contribution in [0.1, 0.15) is 12.6 Å². The second-order valence-corrected chi connectivity index (χ2v) is 4.01. The predicted octanol–water partition coefficient (Wildman–Crippen LogP) is 2.65. The molecule has 0 saturated carbocycles. The van der Waals surface area contributed by atoms with Gasteiger partial charge in [0.2, 0.25) is 0 Å². The van der Waals surface area contributed by atoms with Crippen molar-refractivity contribution in [3.8, 4) is 11.4 Å². The normalized spacial score (nSPS) is 10.3. The fourth-order valence-corrected chi connectivity index (χ4v) is 1.70. The van der Waals surface area contributed by atoms with Crippen LogP contribution in [0.4, 0.5) is 5.82 Å². The van der Waals surface area contributed by atoms with Gasteiger partial charge in [-0.2, -0.15) is 0 Å². The van der Waals surface area contributed by atoms with Gasteiger partial charge in [0.25, 0.3) is 0 Å². The average Bonchev–Trinajstić information content (AvgIpc) is 2.38. The lowest BCUT2D eigenvalue weighted by atomic mass is 10.2. The maximum atomic E-state index is 5.95. The molecule has 0 aliphatic heterocycles. The van der Waals surface area contributed by atoms with E-state index >= 15 is 0 Å². The van der Waals surface area contributed by atoms with Crippen LogP contribution in [0, 0.1) is 0 Å². The zero-order chi connectivity index (χ0) is 12.3. The Kier molecular flexibility index (Phi) is 3.56. The molecule has 1 aromatic carbocycles. The van der Waals surface area contributed by atoms with E-state index in [1.165, 1.54) is 0 Å². The average molecular weight is 249 g/mol. The van der Waals surface area contributed by atoms with Crippen LogP contribution in [0.3, 0.4) is 0 Å². The molecule has 0 spiro atoms.